The fraction of sp³-hybridized carbons (Fsp3) is 0.286. The predicted octanol–water partition coefficient (Wildman–Crippen LogP) is 1.29. The van der Waals surface area contributed by atoms with Crippen LogP contribution in [0.3, 0.4) is 0 Å². The summed E-state index contributed by atoms with van der Waals surface area (Å²) in [5.74, 6) is -1.28. The summed E-state index contributed by atoms with van der Waals surface area (Å²) < 4.78 is 36.6. The van der Waals surface area contributed by atoms with Crippen molar-refractivity contribution in [1.29, 1.82) is 0 Å². The zero-order chi connectivity index (χ0) is 24.9. The second kappa shape index (κ2) is 10.4. The molecule has 2 aromatic heterocycles. The first-order valence-corrected chi connectivity index (χ1v) is 12.5. The number of nitrogens with one attached hydrogen (secondary N) is 1. The lowest BCUT2D eigenvalue weighted by atomic mass is 10.2. The summed E-state index contributed by atoms with van der Waals surface area (Å²) in [5.41, 5.74) is 0.935. The predicted molar refractivity (Wildman–Crippen MR) is 124 cm³/mol. The minimum Gasteiger partial charge on any atom is -0.462 e. The number of nitrogens with zero attached hydrogens (tertiary/aromatic N) is 3. The van der Waals surface area contributed by atoms with Crippen LogP contribution in [0, 0.1) is 19.3 Å². The number of carbonyl (C=O) groups excluding carboxylic acids is 3. The summed E-state index contributed by atoms with van der Waals surface area (Å²) in [6.07, 6.45) is 5.43. The van der Waals surface area contributed by atoms with Crippen molar-refractivity contribution in [2.45, 2.75) is 20.4 Å². The van der Waals surface area contributed by atoms with E-state index in [2.05, 4.69) is 21.4 Å². The number of anilines is 1. The molecule has 0 spiro atoms. The highest BCUT2D eigenvalue weighted by Crippen LogP contribution is 2.20. The third kappa shape index (κ3) is 6.18. The molecule has 3 aromatic rings. The number of hydrogen-bond acceptors (Lipinski definition) is 9. The number of sulfone groups is 1. The molecule has 2 amide bonds. The van der Waals surface area contributed by atoms with E-state index in [1.807, 2.05) is 0 Å². The molecule has 34 heavy (non-hydrogen) atoms. The van der Waals surface area contributed by atoms with Gasteiger partial charge in [-0.2, -0.15) is 4.99 Å². The fourth-order valence-electron chi connectivity index (χ4n) is 2.93. The number of rotatable bonds is 8. The zero-order valence-electron chi connectivity index (χ0n) is 18.2. The standard InChI is InChI=1S/C21H20N4O7S2/c1-4-8-25-15-7-6-14(20(28)31-5-2)10-16(15)33-21(25)23-19(27)12-34(29,30)11-18(26)22-17-9-13(3)32-24-17/h1,6-7,9-10H,5,8,11-12H2,2-3H3,(H,22,24,26). The summed E-state index contributed by atoms with van der Waals surface area (Å²) in [6.45, 7) is 3.59. The highest BCUT2D eigenvalue weighted by atomic mass is 32.2. The highest BCUT2D eigenvalue weighted by Gasteiger charge is 2.22. The minimum absolute atomic E-state index is 0.0662. The Labute approximate surface area is 198 Å². The Morgan fingerprint density at radius 3 is 2.71 bits per heavy atom. The monoisotopic (exact) mass is 504 g/mol. The van der Waals surface area contributed by atoms with Crippen LogP contribution in [0.5, 0.6) is 0 Å². The Morgan fingerprint density at radius 2 is 2.06 bits per heavy atom. The molecule has 0 fully saturated rings. The second-order valence-corrected chi connectivity index (χ2v) is 10.1. The third-order valence-electron chi connectivity index (χ3n) is 4.25. The van der Waals surface area contributed by atoms with Crippen molar-refractivity contribution in [3.05, 3.63) is 40.4 Å². The van der Waals surface area contributed by atoms with Crippen LogP contribution in [0.4, 0.5) is 5.82 Å². The molecular weight excluding hydrogens is 484 g/mol. The van der Waals surface area contributed by atoms with Crippen LogP contribution in [0.1, 0.15) is 23.0 Å². The fourth-order valence-corrected chi connectivity index (χ4v) is 5.03. The number of esters is 1. The lowest BCUT2D eigenvalue weighted by molar-refractivity contribution is -0.115. The molecule has 0 radical (unpaired) electrons. The molecule has 1 N–H and O–H groups in total. The van der Waals surface area contributed by atoms with Gasteiger partial charge in [0.2, 0.25) is 5.91 Å². The first-order valence-electron chi connectivity index (χ1n) is 9.87. The lowest BCUT2D eigenvalue weighted by Crippen LogP contribution is -2.28. The van der Waals surface area contributed by atoms with Gasteiger partial charge >= 0.3 is 5.97 Å². The molecule has 11 nitrogen and oxygen atoms in total. The van der Waals surface area contributed by atoms with Crippen molar-refractivity contribution in [3.8, 4) is 12.3 Å². The number of aromatic nitrogens is 2. The molecule has 0 aliphatic rings. The first-order chi connectivity index (χ1) is 16.1. The van der Waals surface area contributed by atoms with Crippen LogP contribution in [0.15, 0.2) is 33.8 Å². The molecule has 13 heteroatoms. The van der Waals surface area contributed by atoms with Crippen LogP contribution in [-0.2, 0) is 30.7 Å². The lowest BCUT2D eigenvalue weighted by Gasteiger charge is -2.03. The maximum atomic E-state index is 12.4. The second-order valence-electron chi connectivity index (χ2n) is 6.99. The summed E-state index contributed by atoms with van der Waals surface area (Å²) in [6, 6.07) is 6.21. The Balaban J connectivity index is 1.82. The van der Waals surface area contributed by atoms with Gasteiger partial charge < -0.3 is 19.1 Å². The van der Waals surface area contributed by atoms with Gasteiger partial charge in [0.15, 0.2) is 20.5 Å². The van der Waals surface area contributed by atoms with Crippen LogP contribution >= 0.6 is 11.3 Å². The highest BCUT2D eigenvalue weighted by molar-refractivity contribution is 7.92. The van der Waals surface area contributed by atoms with Gasteiger partial charge in [0, 0.05) is 6.07 Å². The topological polar surface area (TPSA) is 150 Å². The third-order valence-corrected chi connectivity index (χ3v) is 6.68. The number of aryl methyl sites for hydroxylation is 1. The van der Waals surface area contributed by atoms with E-state index in [9.17, 15) is 22.8 Å². The van der Waals surface area contributed by atoms with Crippen molar-refractivity contribution < 1.29 is 32.1 Å². The molecular formula is C21H20N4O7S2. The summed E-state index contributed by atoms with van der Waals surface area (Å²) in [5, 5.41) is 5.83. The van der Waals surface area contributed by atoms with E-state index in [0.717, 1.165) is 11.3 Å². The molecule has 0 bridgehead atoms. The van der Waals surface area contributed by atoms with E-state index in [4.69, 9.17) is 15.7 Å². The summed E-state index contributed by atoms with van der Waals surface area (Å²) >= 11 is 1.07. The van der Waals surface area contributed by atoms with Gasteiger partial charge in [-0.05, 0) is 32.0 Å². The van der Waals surface area contributed by atoms with E-state index in [0.29, 0.717) is 21.5 Å². The average molecular weight is 505 g/mol. The van der Waals surface area contributed by atoms with Gasteiger partial charge in [0.1, 0.15) is 17.3 Å². The average Bonchev–Trinajstić information content (AvgIpc) is 3.29. The first kappa shape index (κ1) is 24.9. The SMILES string of the molecule is C#CCn1c(=NC(=O)CS(=O)(=O)CC(=O)Nc2cc(C)on2)sc2cc(C(=O)OCC)ccc21. The molecule has 0 aliphatic heterocycles. The van der Waals surface area contributed by atoms with E-state index < -0.39 is 39.1 Å². The number of fused-ring (bicyclic) bond motifs is 1. The number of terminal acetylenes is 1. The number of carbonyl (C=O) groups is 3. The van der Waals surface area contributed by atoms with Crippen molar-refractivity contribution in [3.63, 3.8) is 0 Å². The molecule has 178 valence electrons. The maximum Gasteiger partial charge on any atom is 0.338 e. The van der Waals surface area contributed by atoms with E-state index in [1.54, 1.807) is 36.6 Å². The van der Waals surface area contributed by atoms with Crippen LogP contribution in [0.2, 0.25) is 0 Å². The Morgan fingerprint density at radius 1 is 1.29 bits per heavy atom. The maximum absolute atomic E-state index is 12.4. The summed E-state index contributed by atoms with van der Waals surface area (Å²) in [4.78, 5) is 40.5. The molecule has 0 saturated heterocycles. The molecule has 0 saturated carbocycles. The van der Waals surface area contributed by atoms with Gasteiger partial charge in [-0.25, -0.2) is 13.2 Å². The largest absolute Gasteiger partial charge is 0.462 e. The van der Waals surface area contributed by atoms with Gasteiger partial charge in [-0.3, -0.25) is 9.59 Å². The number of benzene rings is 1. The Kier molecular flexibility index (Phi) is 7.64. The number of ether oxygens (including phenoxy) is 1. The van der Waals surface area contributed by atoms with Crippen molar-refractivity contribution in [1.82, 2.24) is 9.72 Å². The van der Waals surface area contributed by atoms with Crippen molar-refractivity contribution >= 4 is 55.0 Å². The van der Waals surface area contributed by atoms with Crippen molar-refractivity contribution in [2.24, 2.45) is 4.99 Å². The van der Waals surface area contributed by atoms with Crippen molar-refractivity contribution in [2.75, 3.05) is 23.4 Å². The molecule has 2 heterocycles. The van der Waals surface area contributed by atoms with E-state index >= 15 is 0 Å². The number of thiazole rings is 1. The molecule has 0 unspecified atom stereocenters. The molecule has 0 atom stereocenters. The van der Waals surface area contributed by atoms with Crippen LogP contribution in [0.25, 0.3) is 10.2 Å². The quantitative estimate of drug-likeness (QED) is 0.356. The minimum atomic E-state index is -4.11. The molecule has 3 rings (SSSR count). The molecule has 0 aliphatic carbocycles. The normalized spacial score (nSPS) is 11.9. The van der Waals surface area contributed by atoms with Crippen LogP contribution in [-0.4, -0.2) is 54.0 Å². The van der Waals surface area contributed by atoms with Gasteiger partial charge in [0.25, 0.3) is 5.91 Å². The van der Waals surface area contributed by atoms with Gasteiger partial charge in [0.05, 0.1) is 28.9 Å². The van der Waals surface area contributed by atoms with Gasteiger partial charge in [-0.1, -0.05) is 22.4 Å². The zero-order valence-corrected chi connectivity index (χ0v) is 19.9. The number of hydrogen-bond donors (Lipinski definition) is 1. The number of amides is 2. The van der Waals surface area contributed by atoms with Gasteiger partial charge in [-0.15, -0.1) is 6.42 Å². The van der Waals surface area contributed by atoms with E-state index in [1.165, 1.54) is 6.07 Å². The van der Waals surface area contributed by atoms with Crippen LogP contribution < -0.4 is 10.1 Å². The van der Waals surface area contributed by atoms with E-state index in [-0.39, 0.29) is 23.8 Å². The Bertz CT molecular complexity index is 1470. The summed E-state index contributed by atoms with van der Waals surface area (Å²) in [7, 11) is -4.11. The smallest absolute Gasteiger partial charge is 0.338 e. The molecule has 1 aromatic carbocycles. The Hall–Kier alpha value is -3.76.